The summed E-state index contributed by atoms with van der Waals surface area (Å²) < 4.78 is 3.83. The van der Waals surface area contributed by atoms with E-state index >= 15 is 0 Å². The van der Waals surface area contributed by atoms with Gasteiger partial charge in [-0.25, -0.2) is 19.6 Å². The number of aromatic nitrogens is 7. The average Bonchev–Trinajstić information content (AvgIpc) is 3.78. The summed E-state index contributed by atoms with van der Waals surface area (Å²) in [5, 5.41) is 4.32. The quantitative estimate of drug-likeness (QED) is 0.188. The lowest BCUT2D eigenvalue weighted by atomic mass is 10.1. The van der Waals surface area contributed by atoms with Gasteiger partial charge >= 0.3 is 0 Å². The number of nitrogens with two attached hydrogens (primary N) is 3. The van der Waals surface area contributed by atoms with Gasteiger partial charge in [0.2, 0.25) is 0 Å². The van der Waals surface area contributed by atoms with Gasteiger partial charge in [0.15, 0.2) is 17.3 Å². The molecule has 0 bridgehead atoms. The third-order valence-corrected chi connectivity index (χ3v) is 6.90. The van der Waals surface area contributed by atoms with Gasteiger partial charge in [0.05, 0.1) is 11.3 Å². The number of aryl methyl sites for hydroxylation is 2. The number of fused-ring (bicyclic) bond motifs is 2. The molecule has 11 nitrogen and oxygen atoms in total. The van der Waals surface area contributed by atoms with E-state index in [1.165, 1.54) is 23.7 Å². The van der Waals surface area contributed by atoms with E-state index < -0.39 is 0 Å². The first-order chi connectivity index (χ1) is 20.1. The van der Waals surface area contributed by atoms with Gasteiger partial charge in [0.1, 0.15) is 11.3 Å². The molecule has 0 saturated heterocycles. The van der Waals surface area contributed by atoms with E-state index in [1.807, 2.05) is 48.7 Å². The van der Waals surface area contributed by atoms with Crippen LogP contribution in [0.2, 0.25) is 0 Å². The van der Waals surface area contributed by atoms with E-state index in [0.717, 1.165) is 52.5 Å². The average molecular weight is 544 g/mol. The fraction of sp³-hybridized carbons (Fsp3) is 0.100. The van der Waals surface area contributed by atoms with Crippen molar-refractivity contribution in [1.29, 1.82) is 0 Å². The SMILES string of the molecule is NN/C=C(\N)c1ccncc1.Nc1ncccc1-c1nc2ccc(-n3cccn3)nc2n1-c1ccc2c(c1)CCC2. The van der Waals surface area contributed by atoms with Crippen molar-refractivity contribution in [1.82, 2.24) is 39.7 Å². The molecule has 5 heterocycles. The minimum atomic E-state index is 0.447. The van der Waals surface area contributed by atoms with Crippen molar-refractivity contribution in [2.24, 2.45) is 11.6 Å². The molecule has 0 fully saturated rings. The predicted molar refractivity (Wildman–Crippen MR) is 159 cm³/mol. The zero-order valence-electron chi connectivity index (χ0n) is 22.2. The van der Waals surface area contributed by atoms with Crippen LogP contribution in [0.25, 0.3) is 39.8 Å². The second-order valence-electron chi connectivity index (χ2n) is 9.48. The molecule has 0 unspecified atom stereocenters. The highest BCUT2D eigenvalue weighted by Crippen LogP contribution is 2.32. The van der Waals surface area contributed by atoms with E-state index in [1.54, 1.807) is 29.5 Å². The molecular weight excluding hydrogens is 514 g/mol. The number of hydrogen-bond acceptors (Lipinski definition) is 9. The molecule has 11 heteroatoms. The van der Waals surface area contributed by atoms with Crippen LogP contribution in [-0.2, 0) is 12.8 Å². The number of imidazole rings is 1. The molecule has 1 aromatic carbocycles. The monoisotopic (exact) mass is 543 g/mol. The van der Waals surface area contributed by atoms with Crippen LogP contribution in [0, 0.1) is 0 Å². The molecule has 204 valence electrons. The van der Waals surface area contributed by atoms with Crippen molar-refractivity contribution < 1.29 is 0 Å². The number of hydrogen-bond donors (Lipinski definition) is 4. The summed E-state index contributed by atoms with van der Waals surface area (Å²) in [5.41, 5.74) is 21.9. The van der Waals surface area contributed by atoms with Crippen LogP contribution in [0.15, 0.2) is 97.8 Å². The molecule has 1 aliphatic carbocycles. The molecular formula is C30H29N11. The number of anilines is 1. The molecule has 7 N–H and O–H groups in total. The van der Waals surface area contributed by atoms with Crippen molar-refractivity contribution in [2.75, 3.05) is 5.73 Å². The zero-order chi connectivity index (χ0) is 28.2. The van der Waals surface area contributed by atoms with Crippen LogP contribution >= 0.6 is 0 Å². The number of benzene rings is 1. The Bertz CT molecular complexity index is 1820. The Labute approximate surface area is 236 Å². The fourth-order valence-electron chi connectivity index (χ4n) is 4.93. The highest BCUT2D eigenvalue weighted by Gasteiger charge is 2.20. The van der Waals surface area contributed by atoms with Gasteiger partial charge in [-0.15, -0.1) is 0 Å². The molecule has 6 aromatic rings. The third-order valence-electron chi connectivity index (χ3n) is 6.90. The summed E-state index contributed by atoms with van der Waals surface area (Å²) in [6.07, 6.45) is 13.6. The lowest BCUT2D eigenvalue weighted by molar-refractivity contribution is 0.849. The number of nitrogen functional groups attached to an aromatic ring is 1. The highest BCUT2D eigenvalue weighted by molar-refractivity contribution is 5.83. The number of rotatable bonds is 5. The van der Waals surface area contributed by atoms with Crippen molar-refractivity contribution in [3.63, 3.8) is 0 Å². The van der Waals surface area contributed by atoms with Crippen LogP contribution < -0.4 is 22.7 Å². The molecule has 0 spiro atoms. The van der Waals surface area contributed by atoms with Crippen molar-refractivity contribution in [2.45, 2.75) is 19.3 Å². The highest BCUT2D eigenvalue weighted by atomic mass is 15.3. The van der Waals surface area contributed by atoms with E-state index in [-0.39, 0.29) is 0 Å². The minimum absolute atomic E-state index is 0.447. The number of hydrazine groups is 1. The Hall–Kier alpha value is -5.55. The second kappa shape index (κ2) is 11.3. The number of nitrogens with zero attached hydrogens (tertiary/aromatic N) is 7. The summed E-state index contributed by atoms with van der Waals surface area (Å²) in [6.45, 7) is 0. The molecule has 7 rings (SSSR count). The Morgan fingerprint density at radius 1 is 0.902 bits per heavy atom. The largest absolute Gasteiger partial charge is 0.397 e. The van der Waals surface area contributed by atoms with Gasteiger partial charge in [0, 0.05) is 48.4 Å². The lowest BCUT2D eigenvalue weighted by Crippen LogP contribution is -2.16. The van der Waals surface area contributed by atoms with Crippen molar-refractivity contribution in [3.05, 3.63) is 115 Å². The first-order valence-electron chi connectivity index (χ1n) is 13.2. The predicted octanol–water partition coefficient (Wildman–Crippen LogP) is 3.54. The van der Waals surface area contributed by atoms with Crippen LogP contribution in [0.3, 0.4) is 0 Å². The topological polar surface area (TPSA) is 164 Å². The molecule has 0 radical (unpaired) electrons. The van der Waals surface area contributed by atoms with Gasteiger partial charge in [-0.05, 0) is 85.0 Å². The van der Waals surface area contributed by atoms with Crippen molar-refractivity contribution in [3.8, 4) is 22.9 Å². The van der Waals surface area contributed by atoms with Crippen molar-refractivity contribution >= 4 is 22.7 Å². The van der Waals surface area contributed by atoms with Gasteiger partial charge in [0.25, 0.3) is 0 Å². The van der Waals surface area contributed by atoms with E-state index in [9.17, 15) is 0 Å². The summed E-state index contributed by atoms with van der Waals surface area (Å²) in [6, 6.07) is 19.8. The third kappa shape index (κ3) is 5.21. The van der Waals surface area contributed by atoms with Gasteiger partial charge in [-0.1, -0.05) is 6.07 Å². The summed E-state index contributed by atoms with van der Waals surface area (Å²) in [7, 11) is 0. The molecule has 0 aliphatic heterocycles. The minimum Gasteiger partial charge on any atom is -0.397 e. The van der Waals surface area contributed by atoms with E-state index in [0.29, 0.717) is 11.5 Å². The fourth-order valence-corrected chi connectivity index (χ4v) is 4.93. The van der Waals surface area contributed by atoms with Gasteiger partial charge < -0.3 is 16.9 Å². The molecule has 5 aromatic heterocycles. The molecule has 0 atom stereocenters. The zero-order valence-corrected chi connectivity index (χ0v) is 22.2. The Morgan fingerprint density at radius 3 is 2.54 bits per heavy atom. The molecule has 1 aliphatic rings. The van der Waals surface area contributed by atoms with Crippen LogP contribution in [0.1, 0.15) is 23.1 Å². The van der Waals surface area contributed by atoms with Crippen LogP contribution in [-0.4, -0.2) is 34.3 Å². The Kier molecular flexibility index (Phi) is 7.08. The second-order valence-corrected chi connectivity index (χ2v) is 9.48. The normalized spacial score (nSPS) is 12.6. The first kappa shape index (κ1) is 25.7. The Morgan fingerprint density at radius 2 is 1.76 bits per heavy atom. The van der Waals surface area contributed by atoms with E-state index in [2.05, 4.69) is 43.3 Å². The molecule has 41 heavy (non-hydrogen) atoms. The van der Waals surface area contributed by atoms with Gasteiger partial charge in [-0.3, -0.25) is 15.4 Å². The van der Waals surface area contributed by atoms with Gasteiger partial charge in [-0.2, -0.15) is 5.10 Å². The van der Waals surface area contributed by atoms with Crippen LogP contribution in [0.4, 0.5) is 5.82 Å². The maximum Gasteiger partial charge on any atom is 0.167 e. The Balaban J connectivity index is 0.000000233. The lowest BCUT2D eigenvalue weighted by Gasteiger charge is -2.12. The summed E-state index contributed by atoms with van der Waals surface area (Å²) >= 11 is 0. The summed E-state index contributed by atoms with van der Waals surface area (Å²) in [5.74, 6) is 6.96. The number of pyridine rings is 3. The maximum absolute atomic E-state index is 6.22. The van der Waals surface area contributed by atoms with Crippen LogP contribution in [0.5, 0.6) is 0 Å². The standard InChI is InChI=1S/C23H19N7.C7H10N4/c24-21-18(6-2-11-25-21)22-27-19-9-10-20(29-13-3-12-26-29)28-23(19)30(22)17-8-7-15-4-1-5-16(15)14-17;8-7(5-11-9)6-1-3-10-4-2-6/h2-3,6-14H,1,4-5H2,(H2,24,25);1-5,11H,8-9H2/b;7-5-. The number of nitrogens with one attached hydrogen (secondary N) is 1. The smallest absolute Gasteiger partial charge is 0.167 e. The molecule has 0 saturated carbocycles. The first-order valence-corrected chi connectivity index (χ1v) is 13.2. The summed E-state index contributed by atoms with van der Waals surface area (Å²) in [4.78, 5) is 17.9. The molecule has 0 amide bonds. The van der Waals surface area contributed by atoms with E-state index in [4.69, 9.17) is 27.3 Å². The maximum atomic E-state index is 6.22.